The van der Waals surface area contributed by atoms with E-state index in [1.54, 1.807) is 29.2 Å². The number of piperidine rings is 1. The van der Waals surface area contributed by atoms with E-state index < -0.39 is 29.2 Å². The molecule has 1 saturated carbocycles. The van der Waals surface area contributed by atoms with Crippen molar-refractivity contribution in [2.45, 2.75) is 50.6 Å². The number of rotatable bonds is 5. The Kier molecular flexibility index (Phi) is 7.03. The second kappa shape index (κ2) is 10.6. The highest BCUT2D eigenvalue weighted by Crippen LogP contribution is 2.62. The first-order valence-corrected chi connectivity index (χ1v) is 15.7. The average molecular weight is 637 g/mol. The molecule has 7 rings (SSSR count). The fraction of sp³-hybridized carbons (Fsp3) is 0.382. The summed E-state index contributed by atoms with van der Waals surface area (Å²) in [5.41, 5.74) is 2.67. The maximum Gasteiger partial charge on any atom is 0.338 e. The Bertz CT molecular complexity index is 1720. The Hall–Kier alpha value is -3.46. The molecule has 3 fully saturated rings. The van der Waals surface area contributed by atoms with E-state index in [1.165, 1.54) is 13.2 Å². The number of amides is 2. The van der Waals surface area contributed by atoms with Crippen molar-refractivity contribution in [3.8, 4) is 0 Å². The fourth-order valence-electron chi connectivity index (χ4n) is 8.01. The standard InChI is InChI=1S/C34H32Cl2FN3O4/c1-17-13-21(14-18(2)27(17)32(42)44-3)39-12-11-26-28(31(39)41)29(22-5-4-6-24(36)30(22)37)34(40(26)16-19-7-8-19)23-10-9-20(35)15-25(23)38-33(34)43/h4-6,9-10,13-15,19,26,28-29H,7-8,11-12,16H2,1-3H3,(H,38,43)/t26-,28+,29-,34+/m0/s1. The van der Waals surface area contributed by atoms with Crippen LogP contribution in [0.5, 0.6) is 0 Å². The van der Waals surface area contributed by atoms with Gasteiger partial charge in [-0.1, -0.05) is 41.4 Å². The van der Waals surface area contributed by atoms with Gasteiger partial charge in [-0.15, -0.1) is 0 Å². The number of carbonyl (C=O) groups is 3. The molecule has 2 saturated heterocycles. The smallest absolute Gasteiger partial charge is 0.338 e. The van der Waals surface area contributed by atoms with Crippen molar-refractivity contribution in [1.82, 2.24) is 4.90 Å². The third kappa shape index (κ3) is 4.21. The van der Waals surface area contributed by atoms with Crippen molar-refractivity contribution in [1.29, 1.82) is 0 Å². The monoisotopic (exact) mass is 635 g/mol. The van der Waals surface area contributed by atoms with Gasteiger partial charge in [0, 0.05) is 47.0 Å². The number of carbonyl (C=O) groups excluding carboxylic acids is 3. The first-order chi connectivity index (χ1) is 21.1. The number of halogens is 3. The minimum absolute atomic E-state index is 0.0608. The van der Waals surface area contributed by atoms with Crippen LogP contribution in [0.1, 0.15) is 57.8 Å². The molecule has 44 heavy (non-hydrogen) atoms. The number of anilines is 2. The zero-order chi connectivity index (χ0) is 31.1. The number of aryl methyl sites for hydroxylation is 2. The minimum Gasteiger partial charge on any atom is -0.465 e. The molecule has 3 heterocycles. The number of hydrogen-bond donors (Lipinski definition) is 1. The predicted octanol–water partition coefficient (Wildman–Crippen LogP) is 6.61. The van der Waals surface area contributed by atoms with Crippen molar-refractivity contribution in [3.05, 3.63) is 92.2 Å². The van der Waals surface area contributed by atoms with Crippen molar-refractivity contribution in [2.75, 3.05) is 30.4 Å². The molecule has 3 aliphatic heterocycles. The molecule has 4 atom stereocenters. The SMILES string of the molecule is COC(=O)c1c(C)cc(N2CC[C@H]3[C@@H](C2=O)[C@H](c2cccc(Cl)c2F)[C@]2(C(=O)Nc4cc(Cl)ccc42)N3CC2CC2)cc1C. The molecule has 228 valence electrons. The molecule has 1 spiro atoms. The summed E-state index contributed by atoms with van der Waals surface area (Å²) in [6, 6.07) is 13.4. The zero-order valence-corrected chi connectivity index (χ0v) is 26.1. The van der Waals surface area contributed by atoms with Crippen molar-refractivity contribution >= 4 is 52.4 Å². The highest BCUT2D eigenvalue weighted by Gasteiger charge is 2.70. The van der Waals surface area contributed by atoms with Crippen LogP contribution in [0.2, 0.25) is 10.0 Å². The summed E-state index contributed by atoms with van der Waals surface area (Å²) in [5.74, 6) is -2.76. The lowest BCUT2D eigenvalue weighted by Crippen LogP contribution is -2.54. The average Bonchev–Trinajstić information content (AvgIpc) is 3.70. The van der Waals surface area contributed by atoms with E-state index in [-0.39, 0.29) is 28.4 Å². The highest BCUT2D eigenvalue weighted by atomic mass is 35.5. The van der Waals surface area contributed by atoms with E-state index in [9.17, 15) is 14.4 Å². The number of nitrogens with zero attached hydrogens (tertiary/aromatic N) is 2. The molecule has 7 nitrogen and oxygen atoms in total. The van der Waals surface area contributed by atoms with Gasteiger partial charge < -0.3 is 15.0 Å². The molecule has 0 unspecified atom stereocenters. The van der Waals surface area contributed by atoms with Crippen LogP contribution in [0.4, 0.5) is 15.8 Å². The lowest BCUT2D eigenvalue weighted by atomic mass is 9.70. The number of methoxy groups -OCH3 is 1. The van der Waals surface area contributed by atoms with E-state index in [2.05, 4.69) is 10.2 Å². The van der Waals surface area contributed by atoms with E-state index in [4.69, 9.17) is 27.9 Å². The number of nitrogens with one attached hydrogen (secondary N) is 1. The Morgan fingerprint density at radius 1 is 1.07 bits per heavy atom. The Morgan fingerprint density at radius 3 is 2.48 bits per heavy atom. The van der Waals surface area contributed by atoms with E-state index in [0.29, 0.717) is 64.1 Å². The van der Waals surface area contributed by atoms with Crippen LogP contribution in [-0.4, -0.2) is 48.9 Å². The van der Waals surface area contributed by atoms with Crippen LogP contribution in [-0.2, 0) is 19.9 Å². The second-order valence-electron chi connectivity index (χ2n) is 12.4. The summed E-state index contributed by atoms with van der Waals surface area (Å²) < 4.78 is 21.1. The van der Waals surface area contributed by atoms with Gasteiger partial charge in [-0.2, -0.15) is 0 Å². The zero-order valence-electron chi connectivity index (χ0n) is 24.6. The van der Waals surface area contributed by atoms with E-state index >= 15 is 4.39 Å². The van der Waals surface area contributed by atoms with Crippen LogP contribution in [0.15, 0.2) is 48.5 Å². The van der Waals surface area contributed by atoms with E-state index in [1.807, 2.05) is 32.0 Å². The molecule has 0 aromatic heterocycles. The molecule has 4 aliphatic rings. The molecule has 10 heteroatoms. The molecular formula is C34H32Cl2FN3O4. The second-order valence-corrected chi connectivity index (χ2v) is 13.3. The number of benzene rings is 3. The van der Waals surface area contributed by atoms with Gasteiger partial charge in [0.05, 0.1) is 23.6 Å². The molecule has 2 amide bonds. The summed E-state index contributed by atoms with van der Waals surface area (Å²) in [6.07, 6.45) is 2.66. The maximum atomic E-state index is 16.2. The van der Waals surface area contributed by atoms with Crippen LogP contribution in [0.3, 0.4) is 0 Å². The Balaban J connectivity index is 1.43. The molecule has 1 N–H and O–H groups in total. The largest absolute Gasteiger partial charge is 0.465 e. The summed E-state index contributed by atoms with van der Waals surface area (Å²) in [7, 11) is 1.34. The summed E-state index contributed by atoms with van der Waals surface area (Å²) >= 11 is 12.7. The third-order valence-electron chi connectivity index (χ3n) is 9.95. The normalized spacial score (nSPS) is 26.1. The molecule has 3 aromatic carbocycles. The topological polar surface area (TPSA) is 78.9 Å². The highest BCUT2D eigenvalue weighted by molar-refractivity contribution is 6.31. The van der Waals surface area contributed by atoms with Gasteiger partial charge in [-0.05, 0) is 86.1 Å². The number of fused-ring (bicyclic) bond motifs is 3. The minimum atomic E-state index is -1.34. The summed E-state index contributed by atoms with van der Waals surface area (Å²) in [4.78, 5) is 45.7. The van der Waals surface area contributed by atoms with Gasteiger partial charge in [0.25, 0.3) is 0 Å². The van der Waals surface area contributed by atoms with Crippen LogP contribution >= 0.6 is 23.2 Å². The van der Waals surface area contributed by atoms with Crippen molar-refractivity contribution in [3.63, 3.8) is 0 Å². The van der Waals surface area contributed by atoms with Crippen LogP contribution < -0.4 is 10.2 Å². The number of hydrogen-bond acceptors (Lipinski definition) is 5. The molecule has 1 aliphatic carbocycles. The Morgan fingerprint density at radius 2 is 1.80 bits per heavy atom. The molecule has 3 aromatic rings. The lowest BCUT2D eigenvalue weighted by molar-refractivity contribution is -0.128. The first-order valence-electron chi connectivity index (χ1n) is 14.9. The number of ether oxygens (including phenoxy) is 1. The van der Waals surface area contributed by atoms with Gasteiger partial charge in [0.1, 0.15) is 11.4 Å². The fourth-order valence-corrected chi connectivity index (χ4v) is 8.36. The summed E-state index contributed by atoms with van der Waals surface area (Å²) in [6.45, 7) is 4.66. The van der Waals surface area contributed by atoms with Gasteiger partial charge in [0.2, 0.25) is 11.8 Å². The Labute approximate surface area is 265 Å². The molecule has 0 radical (unpaired) electrons. The van der Waals surface area contributed by atoms with Gasteiger partial charge in [-0.3, -0.25) is 14.5 Å². The van der Waals surface area contributed by atoms with Gasteiger partial charge in [-0.25, -0.2) is 9.18 Å². The van der Waals surface area contributed by atoms with E-state index in [0.717, 1.165) is 12.8 Å². The van der Waals surface area contributed by atoms with Crippen molar-refractivity contribution in [2.24, 2.45) is 11.8 Å². The van der Waals surface area contributed by atoms with Gasteiger partial charge >= 0.3 is 5.97 Å². The summed E-state index contributed by atoms with van der Waals surface area (Å²) in [5, 5.41) is 3.45. The number of esters is 1. The number of likely N-dealkylation sites (tertiary alicyclic amines) is 1. The maximum absolute atomic E-state index is 16.2. The molecular weight excluding hydrogens is 604 g/mol. The predicted molar refractivity (Wildman–Crippen MR) is 167 cm³/mol. The first kappa shape index (κ1) is 29.3. The van der Waals surface area contributed by atoms with Crippen LogP contribution in [0.25, 0.3) is 0 Å². The lowest BCUT2D eigenvalue weighted by Gasteiger charge is -2.40. The third-order valence-corrected chi connectivity index (χ3v) is 10.5. The van der Waals surface area contributed by atoms with Crippen molar-refractivity contribution < 1.29 is 23.5 Å². The van der Waals surface area contributed by atoms with Gasteiger partial charge in [0.15, 0.2) is 0 Å². The van der Waals surface area contributed by atoms with Crippen LogP contribution in [0, 0.1) is 31.5 Å². The quantitative estimate of drug-likeness (QED) is 0.319. The molecule has 0 bridgehead atoms.